The van der Waals surface area contributed by atoms with E-state index in [4.69, 9.17) is 0 Å². The summed E-state index contributed by atoms with van der Waals surface area (Å²) in [7, 11) is -3.32. The molecule has 0 aliphatic rings. The van der Waals surface area contributed by atoms with E-state index in [1.54, 1.807) is 18.2 Å². The summed E-state index contributed by atoms with van der Waals surface area (Å²) in [5.41, 5.74) is 1.23. The second kappa shape index (κ2) is 6.62. The van der Waals surface area contributed by atoms with E-state index in [-0.39, 0.29) is 22.2 Å². The van der Waals surface area contributed by atoms with Gasteiger partial charge in [-0.1, -0.05) is 6.92 Å². The van der Waals surface area contributed by atoms with Gasteiger partial charge in [0.25, 0.3) is 0 Å². The number of anilines is 1. The standard InChI is InChI=1S/C14H19N3O3S2/c1-4-7-22(19,20)14-17-11-6-5-10(8-12(11)21-14)16-13(18)15-9(2)3/h5-6,8-9H,4,7H2,1-3H3,(H2,15,16,18). The Bertz CT molecular complexity index is 782. The predicted molar refractivity (Wildman–Crippen MR) is 89.3 cm³/mol. The second-order valence-electron chi connectivity index (χ2n) is 5.23. The normalized spacial score (nSPS) is 11.8. The molecule has 2 N–H and O–H groups in total. The minimum Gasteiger partial charge on any atom is -0.336 e. The number of hydrogen-bond acceptors (Lipinski definition) is 5. The van der Waals surface area contributed by atoms with Crippen LogP contribution in [-0.4, -0.2) is 31.2 Å². The largest absolute Gasteiger partial charge is 0.336 e. The van der Waals surface area contributed by atoms with Crippen LogP contribution in [0.1, 0.15) is 27.2 Å². The van der Waals surface area contributed by atoms with Crippen LogP contribution < -0.4 is 10.6 Å². The number of carbonyl (C=O) groups is 1. The minimum atomic E-state index is -3.32. The van der Waals surface area contributed by atoms with E-state index in [1.807, 2.05) is 20.8 Å². The molecular weight excluding hydrogens is 322 g/mol. The van der Waals surface area contributed by atoms with Crippen molar-refractivity contribution < 1.29 is 13.2 Å². The van der Waals surface area contributed by atoms with Crippen molar-refractivity contribution >= 4 is 43.1 Å². The van der Waals surface area contributed by atoms with E-state index in [2.05, 4.69) is 15.6 Å². The lowest BCUT2D eigenvalue weighted by Crippen LogP contribution is -2.34. The average molecular weight is 341 g/mol. The summed E-state index contributed by atoms with van der Waals surface area (Å²) in [6.45, 7) is 5.56. The number of benzene rings is 1. The zero-order valence-corrected chi connectivity index (χ0v) is 14.3. The Morgan fingerprint density at radius 1 is 1.36 bits per heavy atom. The Morgan fingerprint density at radius 3 is 2.73 bits per heavy atom. The molecule has 120 valence electrons. The van der Waals surface area contributed by atoms with Gasteiger partial charge >= 0.3 is 6.03 Å². The van der Waals surface area contributed by atoms with Gasteiger partial charge in [-0.05, 0) is 38.5 Å². The van der Waals surface area contributed by atoms with Crippen molar-refractivity contribution in [3.05, 3.63) is 18.2 Å². The van der Waals surface area contributed by atoms with Gasteiger partial charge in [-0.3, -0.25) is 0 Å². The van der Waals surface area contributed by atoms with Crippen LogP contribution >= 0.6 is 11.3 Å². The molecule has 0 atom stereocenters. The summed E-state index contributed by atoms with van der Waals surface area (Å²) < 4.78 is 25.0. The third-order valence-electron chi connectivity index (χ3n) is 2.79. The number of urea groups is 1. The van der Waals surface area contributed by atoms with Crippen molar-refractivity contribution in [1.29, 1.82) is 0 Å². The lowest BCUT2D eigenvalue weighted by Gasteiger charge is -2.09. The summed E-state index contributed by atoms with van der Waals surface area (Å²) in [5.74, 6) is 0.0920. The fourth-order valence-corrected chi connectivity index (χ4v) is 4.61. The fraction of sp³-hybridized carbons (Fsp3) is 0.429. The smallest absolute Gasteiger partial charge is 0.319 e. The zero-order valence-electron chi connectivity index (χ0n) is 12.7. The molecule has 0 radical (unpaired) electrons. The summed E-state index contributed by atoms with van der Waals surface area (Å²) in [6, 6.07) is 4.90. The number of fused-ring (bicyclic) bond motifs is 1. The first-order chi connectivity index (χ1) is 10.3. The maximum Gasteiger partial charge on any atom is 0.319 e. The molecule has 0 fully saturated rings. The van der Waals surface area contributed by atoms with Crippen molar-refractivity contribution in [2.45, 2.75) is 37.6 Å². The zero-order chi connectivity index (χ0) is 16.3. The highest BCUT2D eigenvalue weighted by Crippen LogP contribution is 2.28. The van der Waals surface area contributed by atoms with E-state index >= 15 is 0 Å². The number of nitrogens with zero attached hydrogens (tertiary/aromatic N) is 1. The molecule has 0 unspecified atom stereocenters. The Labute approximate surface area is 133 Å². The predicted octanol–water partition coefficient (Wildman–Crippen LogP) is 3.01. The third kappa shape index (κ3) is 3.95. The van der Waals surface area contributed by atoms with Gasteiger partial charge in [0.1, 0.15) is 0 Å². The Morgan fingerprint density at radius 2 is 2.09 bits per heavy atom. The molecule has 0 aliphatic heterocycles. The molecule has 2 aromatic rings. The first-order valence-corrected chi connectivity index (χ1v) is 9.49. The number of rotatable bonds is 5. The lowest BCUT2D eigenvalue weighted by atomic mass is 10.3. The molecule has 0 saturated carbocycles. The Balaban J connectivity index is 2.26. The SMILES string of the molecule is CCCS(=O)(=O)c1nc2ccc(NC(=O)NC(C)C)cc2s1. The molecule has 8 heteroatoms. The van der Waals surface area contributed by atoms with Crippen LogP contribution in [0, 0.1) is 0 Å². The Hall–Kier alpha value is -1.67. The van der Waals surface area contributed by atoms with Gasteiger partial charge in [0, 0.05) is 11.7 Å². The van der Waals surface area contributed by atoms with Crippen LogP contribution in [0.2, 0.25) is 0 Å². The molecule has 2 amide bonds. The maximum atomic E-state index is 12.1. The Kier molecular flexibility index (Phi) is 5.02. The van der Waals surface area contributed by atoms with Crippen LogP contribution in [0.5, 0.6) is 0 Å². The molecule has 0 spiro atoms. The van der Waals surface area contributed by atoms with Gasteiger partial charge in [-0.25, -0.2) is 18.2 Å². The van der Waals surface area contributed by atoms with Crippen LogP contribution in [0.15, 0.2) is 22.5 Å². The van der Waals surface area contributed by atoms with E-state index in [1.165, 1.54) is 0 Å². The number of hydrogen-bond donors (Lipinski definition) is 2. The van der Waals surface area contributed by atoms with Crippen LogP contribution in [0.4, 0.5) is 10.5 Å². The van der Waals surface area contributed by atoms with E-state index < -0.39 is 9.84 Å². The van der Waals surface area contributed by atoms with Gasteiger partial charge in [0.15, 0.2) is 0 Å². The first kappa shape index (κ1) is 16.7. The lowest BCUT2D eigenvalue weighted by molar-refractivity contribution is 0.250. The monoisotopic (exact) mass is 341 g/mol. The van der Waals surface area contributed by atoms with Gasteiger partial charge in [0.05, 0.1) is 16.0 Å². The first-order valence-electron chi connectivity index (χ1n) is 7.02. The molecule has 0 saturated heterocycles. The summed E-state index contributed by atoms with van der Waals surface area (Å²) in [6.07, 6.45) is 0.556. The summed E-state index contributed by atoms with van der Waals surface area (Å²) >= 11 is 1.13. The molecule has 1 heterocycles. The van der Waals surface area contributed by atoms with Crippen LogP contribution in [-0.2, 0) is 9.84 Å². The molecule has 22 heavy (non-hydrogen) atoms. The third-order valence-corrected chi connectivity index (χ3v) is 6.18. The highest BCUT2D eigenvalue weighted by molar-refractivity contribution is 7.93. The number of sulfone groups is 1. The van der Waals surface area contributed by atoms with Gasteiger partial charge in [0.2, 0.25) is 14.2 Å². The highest BCUT2D eigenvalue weighted by Gasteiger charge is 2.18. The van der Waals surface area contributed by atoms with E-state index in [0.717, 1.165) is 16.0 Å². The molecule has 2 rings (SSSR count). The molecule has 6 nitrogen and oxygen atoms in total. The average Bonchev–Trinajstić information content (AvgIpc) is 2.81. The molecule has 0 bridgehead atoms. The van der Waals surface area contributed by atoms with Crippen molar-refractivity contribution in [2.24, 2.45) is 0 Å². The second-order valence-corrected chi connectivity index (χ2v) is 8.55. The van der Waals surface area contributed by atoms with Crippen molar-refractivity contribution in [1.82, 2.24) is 10.3 Å². The number of thiazole rings is 1. The van der Waals surface area contributed by atoms with E-state index in [9.17, 15) is 13.2 Å². The van der Waals surface area contributed by atoms with Crippen molar-refractivity contribution in [2.75, 3.05) is 11.1 Å². The topological polar surface area (TPSA) is 88.2 Å². The number of amides is 2. The minimum absolute atomic E-state index is 0.0397. The van der Waals surface area contributed by atoms with Gasteiger partial charge in [-0.2, -0.15) is 0 Å². The van der Waals surface area contributed by atoms with E-state index in [0.29, 0.717) is 17.6 Å². The number of carbonyl (C=O) groups excluding carboxylic acids is 1. The van der Waals surface area contributed by atoms with Gasteiger partial charge < -0.3 is 10.6 Å². The highest BCUT2D eigenvalue weighted by atomic mass is 32.2. The summed E-state index contributed by atoms with van der Waals surface area (Å²) in [5, 5.41) is 5.45. The van der Waals surface area contributed by atoms with Crippen molar-refractivity contribution in [3.63, 3.8) is 0 Å². The fourth-order valence-electron chi connectivity index (χ4n) is 1.90. The molecule has 1 aromatic heterocycles. The number of nitrogens with one attached hydrogen (secondary N) is 2. The maximum absolute atomic E-state index is 12.1. The number of aromatic nitrogens is 1. The molecule has 0 aliphatic carbocycles. The summed E-state index contributed by atoms with van der Waals surface area (Å²) in [4.78, 5) is 15.9. The molecular formula is C14H19N3O3S2. The van der Waals surface area contributed by atoms with Crippen molar-refractivity contribution in [3.8, 4) is 0 Å². The van der Waals surface area contributed by atoms with Gasteiger partial charge in [-0.15, -0.1) is 11.3 Å². The molecule has 1 aromatic carbocycles. The quantitative estimate of drug-likeness (QED) is 0.875. The van der Waals surface area contributed by atoms with Crippen LogP contribution in [0.25, 0.3) is 10.2 Å². The van der Waals surface area contributed by atoms with Crippen LogP contribution in [0.3, 0.4) is 0 Å².